The number of hydrogen-bond donors (Lipinski definition) is 3. The van der Waals surface area contributed by atoms with E-state index in [4.69, 9.17) is 10.8 Å². The molecule has 0 unspecified atom stereocenters. The van der Waals surface area contributed by atoms with Crippen molar-refractivity contribution in [2.75, 3.05) is 6.61 Å². The number of carbonyl (C=O) groups is 1. The summed E-state index contributed by atoms with van der Waals surface area (Å²) in [6.45, 7) is 0.178. The van der Waals surface area contributed by atoms with E-state index in [1.54, 1.807) is 6.20 Å². The first-order valence-electron chi connectivity index (χ1n) is 5.75. The first-order chi connectivity index (χ1) is 8.72. The van der Waals surface area contributed by atoms with E-state index < -0.39 is 5.91 Å². The SMILES string of the molecule is NC(=O)c1c2c(nn1CCO)-c1cn[nH]c1CC2. The highest BCUT2D eigenvalue weighted by atomic mass is 16.3. The van der Waals surface area contributed by atoms with E-state index in [0.29, 0.717) is 12.1 Å². The predicted octanol–water partition coefficient (Wildman–Crippen LogP) is -0.537. The largest absolute Gasteiger partial charge is 0.394 e. The van der Waals surface area contributed by atoms with E-state index in [2.05, 4.69) is 15.3 Å². The third kappa shape index (κ3) is 1.44. The van der Waals surface area contributed by atoms with Crippen molar-refractivity contribution in [3.8, 4) is 11.3 Å². The maximum atomic E-state index is 11.5. The second-order valence-electron chi connectivity index (χ2n) is 4.25. The Morgan fingerprint density at radius 1 is 1.56 bits per heavy atom. The van der Waals surface area contributed by atoms with Crippen molar-refractivity contribution in [1.82, 2.24) is 20.0 Å². The number of rotatable bonds is 3. The lowest BCUT2D eigenvalue weighted by Gasteiger charge is -2.10. The molecule has 7 nitrogen and oxygen atoms in total. The molecule has 0 saturated carbocycles. The molecule has 0 radical (unpaired) electrons. The van der Waals surface area contributed by atoms with Crippen LogP contribution in [0.25, 0.3) is 11.3 Å². The molecule has 2 aromatic heterocycles. The number of nitrogens with one attached hydrogen (secondary N) is 1. The molecule has 3 rings (SSSR count). The summed E-state index contributed by atoms with van der Waals surface area (Å²) < 4.78 is 1.48. The molecule has 0 saturated heterocycles. The van der Waals surface area contributed by atoms with Crippen molar-refractivity contribution >= 4 is 5.91 Å². The molecule has 4 N–H and O–H groups in total. The van der Waals surface area contributed by atoms with E-state index in [0.717, 1.165) is 28.9 Å². The summed E-state index contributed by atoms with van der Waals surface area (Å²) in [7, 11) is 0. The van der Waals surface area contributed by atoms with Crippen LogP contribution in [0.15, 0.2) is 6.20 Å². The molecule has 1 aliphatic carbocycles. The Hall–Kier alpha value is -2.15. The number of aliphatic hydroxyl groups excluding tert-OH is 1. The lowest BCUT2D eigenvalue weighted by molar-refractivity contribution is 0.0987. The van der Waals surface area contributed by atoms with Gasteiger partial charge in [-0.25, -0.2) is 0 Å². The van der Waals surface area contributed by atoms with Gasteiger partial charge < -0.3 is 10.8 Å². The summed E-state index contributed by atoms with van der Waals surface area (Å²) in [5.41, 5.74) is 9.33. The summed E-state index contributed by atoms with van der Waals surface area (Å²) in [5, 5.41) is 20.3. The summed E-state index contributed by atoms with van der Waals surface area (Å²) in [6.07, 6.45) is 3.19. The van der Waals surface area contributed by atoms with Crippen molar-refractivity contribution in [2.24, 2.45) is 5.73 Å². The zero-order chi connectivity index (χ0) is 12.7. The van der Waals surface area contributed by atoms with Crippen molar-refractivity contribution in [3.63, 3.8) is 0 Å². The van der Waals surface area contributed by atoms with Crippen LogP contribution in [0.3, 0.4) is 0 Å². The van der Waals surface area contributed by atoms with Gasteiger partial charge in [-0.1, -0.05) is 0 Å². The van der Waals surface area contributed by atoms with Crippen LogP contribution >= 0.6 is 0 Å². The van der Waals surface area contributed by atoms with Gasteiger partial charge in [0.25, 0.3) is 5.91 Å². The molecule has 94 valence electrons. The third-order valence-electron chi connectivity index (χ3n) is 3.19. The Labute approximate surface area is 103 Å². The molecule has 2 aromatic rings. The second kappa shape index (κ2) is 3.95. The summed E-state index contributed by atoms with van der Waals surface area (Å²) in [6, 6.07) is 0. The molecule has 0 aliphatic heterocycles. The fourth-order valence-corrected chi connectivity index (χ4v) is 2.44. The van der Waals surface area contributed by atoms with E-state index in [9.17, 15) is 4.79 Å². The summed E-state index contributed by atoms with van der Waals surface area (Å²) >= 11 is 0. The van der Waals surface area contributed by atoms with Gasteiger partial charge in [-0.05, 0) is 12.8 Å². The molecular weight excluding hydrogens is 234 g/mol. The van der Waals surface area contributed by atoms with Crippen LogP contribution in [0.2, 0.25) is 0 Å². The number of nitrogens with zero attached hydrogens (tertiary/aromatic N) is 3. The van der Waals surface area contributed by atoms with Gasteiger partial charge in [0.05, 0.1) is 25.0 Å². The fraction of sp³-hybridized carbons (Fsp3) is 0.364. The number of amides is 1. The Morgan fingerprint density at radius 2 is 2.39 bits per heavy atom. The molecule has 7 heteroatoms. The van der Waals surface area contributed by atoms with Crippen molar-refractivity contribution < 1.29 is 9.90 Å². The van der Waals surface area contributed by atoms with Crippen LogP contribution in [-0.4, -0.2) is 37.6 Å². The minimum atomic E-state index is -0.510. The average molecular weight is 247 g/mol. The zero-order valence-corrected chi connectivity index (χ0v) is 9.68. The number of aryl methyl sites for hydroxylation is 1. The van der Waals surface area contributed by atoms with Gasteiger partial charge >= 0.3 is 0 Å². The van der Waals surface area contributed by atoms with Crippen LogP contribution in [0.5, 0.6) is 0 Å². The number of aromatic nitrogens is 4. The minimum absolute atomic E-state index is 0.0842. The van der Waals surface area contributed by atoms with Gasteiger partial charge in [0.15, 0.2) is 0 Å². The van der Waals surface area contributed by atoms with Gasteiger partial charge in [-0.15, -0.1) is 0 Å². The normalized spacial score (nSPS) is 13.2. The van der Waals surface area contributed by atoms with E-state index in [1.807, 2.05) is 0 Å². The Kier molecular flexibility index (Phi) is 2.41. The van der Waals surface area contributed by atoms with E-state index in [-0.39, 0.29) is 13.2 Å². The second-order valence-corrected chi connectivity index (χ2v) is 4.25. The highest BCUT2D eigenvalue weighted by Gasteiger charge is 2.27. The number of nitrogens with two attached hydrogens (primary N) is 1. The number of hydrogen-bond acceptors (Lipinski definition) is 4. The van der Waals surface area contributed by atoms with E-state index in [1.165, 1.54) is 4.68 Å². The van der Waals surface area contributed by atoms with Crippen LogP contribution in [-0.2, 0) is 19.4 Å². The molecule has 1 amide bonds. The molecule has 0 spiro atoms. The van der Waals surface area contributed by atoms with E-state index >= 15 is 0 Å². The molecule has 18 heavy (non-hydrogen) atoms. The molecule has 0 aromatic carbocycles. The highest BCUT2D eigenvalue weighted by Crippen LogP contribution is 2.33. The van der Waals surface area contributed by atoms with Crippen molar-refractivity contribution in [2.45, 2.75) is 19.4 Å². The van der Waals surface area contributed by atoms with Crippen molar-refractivity contribution in [1.29, 1.82) is 0 Å². The molecule has 0 bridgehead atoms. The Morgan fingerprint density at radius 3 is 3.11 bits per heavy atom. The average Bonchev–Trinajstić information content (AvgIpc) is 2.90. The minimum Gasteiger partial charge on any atom is -0.394 e. The van der Waals surface area contributed by atoms with Crippen LogP contribution in [0, 0.1) is 0 Å². The smallest absolute Gasteiger partial charge is 0.267 e. The number of primary amides is 1. The van der Waals surface area contributed by atoms with Crippen LogP contribution < -0.4 is 5.73 Å². The first kappa shape index (κ1) is 11.0. The quantitative estimate of drug-likeness (QED) is 0.676. The maximum Gasteiger partial charge on any atom is 0.267 e. The number of aromatic amines is 1. The molecule has 0 fully saturated rings. The maximum absolute atomic E-state index is 11.5. The lowest BCUT2D eigenvalue weighted by Crippen LogP contribution is -2.20. The fourth-order valence-electron chi connectivity index (χ4n) is 2.44. The van der Waals surface area contributed by atoms with Crippen LogP contribution in [0.4, 0.5) is 0 Å². The first-order valence-corrected chi connectivity index (χ1v) is 5.75. The monoisotopic (exact) mass is 247 g/mol. The highest BCUT2D eigenvalue weighted by molar-refractivity contribution is 5.95. The zero-order valence-electron chi connectivity index (χ0n) is 9.68. The molecule has 2 heterocycles. The number of fused-ring (bicyclic) bond motifs is 3. The number of H-pyrrole nitrogens is 1. The molecular formula is C11H13N5O2. The number of carbonyl (C=O) groups excluding carboxylic acids is 1. The van der Waals surface area contributed by atoms with Gasteiger partial charge in [0.2, 0.25) is 0 Å². The Balaban J connectivity index is 2.20. The standard InChI is InChI=1S/C11H13N5O2/c12-11(18)10-6-1-2-8-7(5-13-14-8)9(6)15-16(10)3-4-17/h5,17H,1-4H2,(H2,12,18)(H,13,14). The molecule has 1 aliphatic rings. The van der Waals surface area contributed by atoms with Gasteiger partial charge in [-0.2, -0.15) is 10.2 Å². The van der Waals surface area contributed by atoms with Crippen molar-refractivity contribution in [3.05, 3.63) is 23.1 Å². The van der Waals surface area contributed by atoms with Gasteiger partial charge in [0, 0.05) is 16.8 Å². The number of aliphatic hydroxyl groups is 1. The third-order valence-corrected chi connectivity index (χ3v) is 3.19. The van der Waals surface area contributed by atoms with Gasteiger partial charge in [-0.3, -0.25) is 14.6 Å². The van der Waals surface area contributed by atoms with Crippen LogP contribution in [0.1, 0.15) is 21.7 Å². The Bertz CT molecular complexity index is 613. The summed E-state index contributed by atoms with van der Waals surface area (Å²) in [5.74, 6) is -0.510. The topological polar surface area (TPSA) is 110 Å². The predicted molar refractivity (Wildman–Crippen MR) is 62.8 cm³/mol. The van der Waals surface area contributed by atoms with Gasteiger partial charge in [0.1, 0.15) is 5.69 Å². The lowest BCUT2D eigenvalue weighted by atomic mass is 9.94. The summed E-state index contributed by atoms with van der Waals surface area (Å²) in [4.78, 5) is 11.5. The molecule has 0 atom stereocenters.